The summed E-state index contributed by atoms with van der Waals surface area (Å²) in [5.74, 6) is 0.757. The van der Waals surface area contributed by atoms with E-state index >= 15 is 0 Å². The molecule has 28 heavy (non-hydrogen) atoms. The minimum atomic E-state index is -0.200. The van der Waals surface area contributed by atoms with E-state index in [1.54, 1.807) is 0 Å². The van der Waals surface area contributed by atoms with Crippen LogP contribution in [0.1, 0.15) is 25.7 Å². The highest BCUT2D eigenvalue weighted by Crippen LogP contribution is 2.33. The molecule has 0 saturated carbocycles. The summed E-state index contributed by atoms with van der Waals surface area (Å²) in [5.41, 5.74) is 0. The topological polar surface area (TPSA) is 115 Å². The Balaban J connectivity index is 1.34. The van der Waals surface area contributed by atoms with Gasteiger partial charge in [-0.05, 0) is 12.8 Å². The molecule has 0 radical (unpaired) electrons. The number of hydrogen-bond acceptors (Lipinski definition) is 8. The van der Waals surface area contributed by atoms with Crippen molar-refractivity contribution in [2.45, 2.75) is 43.0 Å². The standard InChI is InChI=1S/C18H32N2O7S/c21-5-6-24-7-8-25-9-10-26-11-12-27-16(22)4-2-1-3-15-17-14(13-28-15)19-18(23)20-17/h14-15,17,21H,1-13H2,(H2,19,20,23)/t14-,15-,17-/m0/s1. The number of fused-ring (bicyclic) bond motifs is 1. The van der Waals surface area contributed by atoms with E-state index in [2.05, 4.69) is 10.6 Å². The van der Waals surface area contributed by atoms with Crippen molar-refractivity contribution in [3.8, 4) is 0 Å². The van der Waals surface area contributed by atoms with Crippen molar-refractivity contribution in [2.75, 3.05) is 58.6 Å². The number of hydrogen-bond donors (Lipinski definition) is 3. The van der Waals surface area contributed by atoms with Crippen LogP contribution in [-0.4, -0.2) is 93.0 Å². The second-order valence-corrected chi connectivity index (χ2v) is 7.92. The highest BCUT2D eigenvalue weighted by atomic mass is 32.2. The fourth-order valence-electron chi connectivity index (χ4n) is 3.15. The first kappa shape index (κ1) is 23.2. The quantitative estimate of drug-likeness (QED) is 0.186. The summed E-state index contributed by atoms with van der Waals surface area (Å²) in [6.07, 6.45) is 3.14. The van der Waals surface area contributed by atoms with E-state index in [9.17, 15) is 9.59 Å². The molecule has 0 aromatic carbocycles. The van der Waals surface area contributed by atoms with Gasteiger partial charge in [-0.15, -0.1) is 0 Å². The van der Waals surface area contributed by atoms with Crippen LogP contribution in [-0.2, 0) is 23.7 Å². The molecule has 2 saturated heterocycles. The Labute approximate surface area is 170 Å². The van der Waals surface area contributed by atoms with Crippen molar-refractivity contribution in [1.29, 1.82) is 0 Å². The zero-order chi connectivity index (χ0) is 20.0. The molecule has 3 N–H and O–H groups in total. The monoisotopic (exact) mass is 420 g/mol. The lowest BCUT2D eigenvalue weighted by molar-refractivity contribution is -0.145. The van der Waals surface area contributed by atoms with Gasteiger partial charge >= 0.3 is 12.0 Å². The Kier molecular flexibility index (Phi) is 11.6. The number of nitrogens with one attached hydrogen (secondary N) is 2. The zero-order valence-electron chi connectivity index (χ0n) is 16.2. The molecule has 2 amide bonds. The molecule has 2 aliphatic heterocycles. The van der Waals surface area contributed by atoms with Crippen LogP contribution in [0.3, 0.4) is 0 Å². The highest BCUT2D eigenvalue weighted by molar-refractivity contribution is 8.00. The van der Waals surface area contributed by atoms with E-state index in [1.165, 1.54) is 0 Å². The Morgan fingerprint density at radius 3 is 2.39 bits per heavy atom. The third kappa shape index (κ3) is 8.95. The molecule has 162 valence electrons. The Bertz CT molecular complexity index is 469. The zero-order valence-corrected chi connectivity index (χ0v) is 17.0. The molecular formula is C18H32N2O7S. The highest BCUT2D eigenvalue weighted by Gasteiger charge is 2.42. The summed E-state index contributed by atoms with van der Waals surface area (Å²) in [4.78, 5) is 23.1. The number of carbonyl (C=O) groups excluding carboxylic acids is 2. The van der Waals surface area contributed by atoms with Crippen LogP contribution >= 0.6 is 11.8 Å². The molecule has 0 bridgehead atoms. The van der Waals surface area contributed by atoms with E-state index in [-0.39, 0.29) is 37.3 Å². The lowest BCUT2D eigenvalue weighted by Crippen LogP contribution is -2.36. The minimum Gasteiger partial charge on any atom is -0.463 e. The van der Waals surface area contributed by atoms with Crippen molar-refractivity contribution in [1.82, 2.24) is 10.6 Å². The molecule has 2 aliphatic rings. The summed E-state index contributed by atoms with van der Waals surface area (Å²) in [5, 5.41) is 14.9. The van der Waals surface area contributed by atoms with Gasteiger partial charge in [0.05, 0.1) is 58.3 Å². The molecule has 0 aromatic heterocycles. The number of rotatable bonds is 16. The Hall–Kier alpha value is -1.07. The lowest BCUT2D eigenvalue weighted by atomic mass is 10.0. The van der Waals surface area contributed by atoms with E-state index in [1.807, 2.05) is 11.8 Å². The van der Waals surface area contributed by atoms with Crippen LogP contribution in [0, 0.1) is 0 Å². The molecule has 9 nitrogen and oxygen atoms in total. The van der Waals surface area contributed by atoms with Gasteiger partial charge in [-0.3, -0.25) is 4.79 Å². The van der Waals surface area contributed by atoms with Crippen LogP contribution in [0.5, 0.6) is 0 Å². The van der Waals surface area contributed by atoms with Crippen molar-refractivity contribution < 1.29 is 33.6 Å². The number of unbranched alkanes of at least 4 members (excludes halogenated alkanes) is 1. The molecule has 3 atom stereocenters. The van der Waals surface area contributed by atoms with Crippen molar-refractivity contribution in [2.24, 2.45) is 0 Å². The fraction of sp³-hybridized carbons (Fsp3) is 0.889. The largest absolute Gasteiger partial charge is 0.463 e. The van der Waals surface area contributed by atoms with E-state index in [4.69, 9.17) is 24.1 Å². The van der Waals surface area contributed by atoms with Crippen molar-refractivity contribution >= 4 is 23.8 Å². The van der Waals surface area contributed by atoms with Gasteiger partial charge < -0.3 is 34.7 Å². The van der Waals surface area contributed by atoms with Crippen LogP contribution in [0.2, 0.25) is 0 Å². The van der Waals surface area contributed by atoms with Gasteiger partial charge in [-0.1, -0.05) is 6.42 Å². The molecule has 0 unspecified atom stereocenters. The first-order chi connectivity index (χ1) is 13.7. The lowest BCUT2D eigenvalue weighted by Gasteiger charge is -2.16. The number of esters is 1. The third-order valence-electron chi connectivity index (χ3n) is 4.53. The number of aliphatic hydroxyl groups excluding tert-OH is 1. The summed E-state index contributed by atoms with van der Waals surface area (Å²) < 4.78 is 20.8. The van der Waals surface area contributed by atoms with E-state index in [0.717, 1.165) is 25.0 Å². The maximum Gasteiger partial charge on any atom is 0.315 e. The first-order valence-corrected chi connectivity index (χ1v) is 10.9. The fourth-order valence-corrected chi connectivity index (χ4v) is 4.69. The number of amides is 2. The molecule has 10 heteroatoms. The number of urea groups is 1. The van der Waals surface area contributed by atoms with Crippen LogP contribution in [0.25, 0.3) is 0 Å². The first-order valence-electron chi connectivity index (χ1n) is 9.89. The maximum atomic E-state index is 11.7. The Morgan fingerprint density at radius 2 is 1.68 bits per heavy atom. The van der Waals surface area contributed by atoms with Gasteiger partial charge in [0.15, 0.2) is 0 Å². The van der Waals surface area contributed by atoms with Gasteiger partial charge in [0.1, 0.15) is 6.61 Å². The molecule has 0 aliphatic carbocycles. The second kappa shape index (κ2) is 14.0. The molecule has 2 fully saturated rings. The number of carbonyl (C=O) groups is 2. The minimum absolute atomic E-state index is 0.0136. The molecular weight excluding hydrogens is 388 g/mol. The van der Waals surface area contributed by atoms with Crippen molar-refractivity contribution in [3.05, 3.63) is 0 Å². The van der Waals surface area contributed by atoms with Gasteiger partial charge in [0.25, 0.3) is 0 Å². The normalized spacial score (nSPS) is 23.3. The van der Waals surface area contributed by atoms with Gasteiger partial charge in [0, 0.05) is 17.4 Å². The van der Waals surface area contributed by atoms with Crippen LogP contribution in [0.4, 0.5) is 4.79 Å². The molecule has 0 spiro atoms. The smallest absolute Gasteiger partial charge is 0.315 e. The molecule has 2 rings (SSSR count). The van der Waals surface area contributed by atoms with Gasteiger partial charge in [-0.25, -0.2) is 4.79 Å². The Morgan fingerprint density at radius 1 is 1.00 bits per heavy atom. The average molecular weight is 421 g/mol. The SMILES string of the molecule is O=C1N[C@H]2[C@H](CS[C@H]2CCCCC(=O)OCCOCCOCCOCCO)N1. The summed E-state index contributed by atoms with van der Waals surface area (Å²) in [6.45, 7) is 2.73. The van der Waals surface area contributed by atoms with Crippen LogP contribution in [0.15, 0.2) is 0 Å². The van der Waals surface area contributed by atoms with E-state index < -0.39 is 0 Å². The molecule has 2 heterocycles. The predicted octanol–water partition coefficient (Wildman–Crippen LogP) is 0.298. The summed E-state index contributed by atoms with van der Waals surface area (Å²) in [7, 11) is 0. The van der Waals surface area contributed by atoms with Gasteiger partial charge in [-0.2, -0.15) is 11.8 Å². The van der Waals surface area contributed by atoms with Crippen LogP contribution < -0.4 is 10.6 Å². The molecule has 0 aromatic rings. The number of ether oxygens (including phenoxy) is 4. The third-order valence-corrected chi connectivity index (χ3v) is 6.04. The maximum absolute atomic E-state index is 11.7. The summed E-state index contributed by atoms with van der Waals surface area (Å²) in [6, 6.07) is 0.404. The van der Waals surface area contributed by atoms with E-state index in [0.29, 0.717) is 51.3 Å². The second-order valence-electron chi connectivity index (χ2n) is 6.65. The average Bonchev–Trinajstić information content (AvgIpc) is 3.22. The van der Waals surface area contributed by atoms with Gasteiger partial charge in [0.2, 0.25) is 0 Å². The number of thioether (sulfide) groups is 1. The number of aliphatic hydroxyl groups is 1. The van der Waals surface area contributed by atoms with Crippen molar-refractivity contribution in [3.63, 3.8) is 0 Å². The predicted molar refractivity (Wildman–Crippen MR) is 104 cm³/mol. The summed E-state index contributed by atoms with van der Waals surface area (Å²) >= 11 is 1.89.